The van der Waals surface area contributed by atoms with Gasteiger partial charge < -0.3 is 8.94 Å². The number of benzene rings is 1. The lowest BCUT2D eigenvalue weighted by molar-refractivity contribution is -0.118. The van der Waals surface area contributed by atoms with Crippen LogP contribution in [0.2, 0.25) is 0 Å². The second-order valence-corrected chi connectivity index (χ2v) is 10.4. The van der Waals surface area contributed by atoms with Gasteiger partial charge in [-0.25, -0.2) is 17.8 Å². The number of rotatable bonds is 6. The molecule has 0 saturated carbocycles. The Morgan fingerprint density at radius 3 is 2.33 bits per heavy atom. The fourth-order valence-electron chi connectivity index (χ4n) is 2.70. The molecule has 0 spiro atoms. The summed E-state index contributed by atoms with van der Waals surface area (Å²) in [5, 5.41) is 6.42. The van der Waals surface area contributed by atoms with E-state index in [-0.39, 0.29) is 10.8 Å². The summed E-state index contributed by atoms with van der Waals surface area (Å²) in [4.78, 5) is 16.7. The van der Waals surface area contributed by atoms with Crippen LogP contribution in [0.15, 0.2) is 50.4 Å². The predicted molar refractivity (Wildman–Crippen MR) is 106 cm³/mol. The van der Waals surface area contributed by atoms with Crippen LogP contribution in [-0.4, -0.2) is 29.2 Å². The molecular formula is C20H22FN3O5S. The van der Waals surface area contributed by atoms with Crippen LogP contribution in [0.5, 0.6) is 0 Å². The molecule has 0 unspecified atom stereocenters. The lowest BCUT2D eigenvalue weighted by atomic mass is 9.87. The number of hydrogen-bond acceptors (Lipinski definition) is 7. The maximum Gasteiger partial charge on any atom is 0.248 e. The Labute approximate surface area is 173 Å². The maximum atomic E-state index is 13.1. The van der Waals surface area contributed by atoms with Gasteiger partial charge in [-0.2, -0.15) is 0 Å². The number of oxazole rings is 1. The summed E-state index contributed by atoms with van der Waals surface area (Å²) >= 11 is 0. The third kappa shape index (κ3) is 3.74. The molecule has 0 bridgehead atoms. The first kappa shape index (κ1) is 21.7. The first-order valence-corrected chi connectivity index (χ1v) is 10.6. The Bertz CT molecular complexity index is 1180. The molecule has 3 rings (SSSR count). The van der Waals surface area contributed by atoms with E-state index in [9.17, 15) is 17.6 Å². The summed E-state index contributed by atoms with van der Waals surface area (Å²) in [7, 11) is -4.10. The number of anilines is 1. The van der Waals surface area contributed by atoms with Gasteiger partial charge in [-0.05, 0) is 52.0 Å². The van der Waals surface area contributed by atoms with Crippen molar-refractivity contribution in [3.8, 4) is 0 Å². The van der Waals surface area contributed by atoms with Crippen molar-refractivity contribution < 1.29 is 26.5 Å². The van der Waals surface area contributed by atoms with Crippen molar-refractivity contribution in [3.63, 3.8) is 0 Å². The number of amides is 1. The van der Waals surface area contributed by atoms with Gasteiger partial charge in [0, 0.05) is 13.0 Å². The number of carbonyl (C=O) groups is 1. The zero-order chi connectivity index (χ0) is 22.3. The largest absolute Gasteiger partial charge is 0.445 e. The highest BCUT2D eigenvalue weighted by atomic mass is 32.2. The van der Waals surface area contributed by atoms with E-state index in [2.05, 4.69) is 15.5 Å². The zero-order valence-electron chi connectivity index (χ0n) is 17.2. The number of nitrogens with zero attached hydrogens (tertiary/aromatic N) is 2. The van der Waals surface area contributed by atoms with Crippen LogP contribution < -0.4 is 5.32 Å². The molecule has 160 valence electrons. The molecular weight excluding hydrogens is 413 g/mol. The molecule has 3 aromatic rings. The Balaban J connectivity index is 1.83. The Kier molecular flexibility index (Phi) is 5.32. The zero-order valence-corrected chi connectivity index (χ0v) is 18.0. The molecule has 1 aromatic carbocycles. The van der Waals surface area contributed by atoms with Gasteiger partial charge in [0.05, 0.1) is 22.2 Å². The van der Waals surface area contributed by atoms with E-state index in [4.69, 9.17) is 8.94 Å². The molecule has 0 radical (unpaired) electrons. The summed E-state index contributed by atoms with van der Waals surface area (Å²) in [5.41, 5.74) is -0.225. The van der Waals surface area contributed by atoms with Crippen LogP contribution in [0, 0.1) is 12.7 Å². The van der Waals surface area contributed by atoms with E-state index in [1.807, 2.05) is 13.8 Å². The summed E-state index contributed by atoms with van der Waals surface area (Å²) in [6, 6.07) is 5.78. The fourth-order valence-corrected chi connectivity index (χ4v) is 4.08. The number of aromatic nitrogens is 2. The first-order chi connectivity index (χ1) is 13.9. The lowest BCUT2D eigenvalue weighted by Gasteiger charge is -2.23. The monoisotopic (exact) mass is 435 g/mol. The molecule has 0 aliphatic rings. The number of carbonyl (C=O) groups excluding carboxylic acids is 1. The molecule has 1 amide bonds. The van der Waals surface area contributed by atoms with Gasteiger partial charge in [0.15, 0.2) is 15.7 Å². The number of nitrogens with one attached hydrogen (secondary N) is 1. The topological polar surface area (TPSA) is 115 Å². The summed E-state index contributed by atoms with van der Waals surface area (Å²) in [6.45, 7) is 7.94. The molecule has 10 heteroatoms. The molecule has 8 nitrogen and oxygen atoms in total. The van der Waals surface area contributed by atoms with E-state index >= 15 is 0 Å². The summed E-state index contributed by atoms with van der Waals surface area (Å²) < 4.78 is 47.8. The third-order valence-corrected chi connectivity index (χ3v) is 7.39. The average Bonchev–Trinajstić information content (AvgIpc) is 3.31. The first-order valence-electron chi connectivity index (χ1n) is 9.07. The van der Waals surface area contributed by atoms with Crippen LogP contribution in [0.3, 0.4) is 0 Å². The van der Waals surface area contributed by atoms with E-state index in [1.54, 1.807) is 13.1 Å². The molecule has 1 N–H and O–H groups in total. The van der Waals surface area contributed by atoms with Gasteiger partial charge in [-0.3, -0.25) is 10.1 Å². The van der Waals surface area contributed by atoms with Gasteiger partial charge in [-0.15, -0.1) is 0 Å². The second kappa shape index (κ2) is 7.35. The van der Waals surface area contributed by atoms with Crippen molar-refractivity contribution in [2.24, 2.45) is 0 Å². The van der Waals surface area contributed by atoms with Crippen LogP contribution in [0.4, 0.5) is 10.3 Å². The van der Waals surface area contributed by atoms with Crippen LogP contribution in [0.1, 0.15) is 45.0 Å². The van der Waals surface area contributed by atoms with Gasteiger partial charge >= 0.3 is 0 Å². The lowest BCUT2D eigenvalue weighted by Crippen LogP contribution is -2.44. The highest BCUT2D eigenvalue weighted by molar-refractivity contribution is 7.93. The van der Waals surface area contributed by atoms with Crippen molar-refractivity contribution in [2.45, 2.75) is 49.7 Å². The SMILES string of the molecule is Cc1ncc(C(C)(C)c2cc(NC(=O)C(C)(C)S(=O)(=O)c3ccc(F)cc3)on2)o1. The molecule has 0 atom stereocenters. The molecule has 0 saturated heterocycles. The van der Waals surface area contributed by atoms with E-state index < -0.39 is 31.7 Å². The number of hydrogen-bond donors (Lipinski definition) is 1. The van der Waals surface area contributed by atoms with Crippen molar-refractivity contribution >= 4 is 21.6 Å². The number of sulfone groups is 1. The smallest absolute Gasteiger partial charge is 0.248 e. The molecule has 2 aromatic heterocycles. The van der Waals surface area contributed by atoms with E-state index in [0.29, 0.717) is 17.3 Å². The molecule has 30 heavy (non-hydrogen) atoms. The number of aryl methyl sites for hydroxylation is 1. The molecule has 0 aliphatic carbocycles. The van der Waals surface area contributed by atoms with Crippen LogP contribution in [0.25, 0.3) is 0 Å². The Morgan fingerprint density at radius 2 is 1.77 bits per heavy atom. The van der Waals surface area contributed by atoms with Gasteiger partial charge in [0.2, 0.25) is 11.8 Å². The minimum Gasteiger partial charge on any atom is -0.445 e. The van der Waals surface area contributed by atoms with Gasteiger partial charge in [0.1, 0.15) is 16.3 Å². The van der Waals surface area contributed by atoms with E-state index in [1.165, 1.54) is 19.9 Å². The van der Waals surface area contributed by atoms with Crippen LogP contribution in [-0.2, 0) is 20.0 Å². The number of halogens is 1. The Hall–Kier alpha value is -3.01. The highest BCUT2D eigenvalue weighted by Gasteiger charge is 2.43. The van der Waals surface area contributed by atoms with Crippen molar-refractivity contribution in [1.82, 2.24) is 10.1 Å². The van der Waals surface area contributed by atoms with Gasteiger partial charge in [-0.1, -0.05) is 5.16 Å². The van der Waals surface area contributed by atoms with Crippen LogP contribution >= 0.6 is 0 Å². The average molecular weight is 435 g/mol. The molecule has 0 fully saturated rings. The van der Waals surface area contributed by atoms with Crippen molar-refractivity contribution in [1.29, 1.82) is 0 Å². The molecule has 0 aliphatic heterocycles. The Morgan fingerprint density at radius 1 is 1.13 bits per heavy atom. The quantitative estimate of drug-likeness (QED) is 0.588. The maximum absolute atomic E-state index is 13.1. The summed E-state index contributed by atoms with van der Waals surface area (Å²) in [5.74, 6) is -0.340. The van der Waals surface area contributed by atoms with Crippen molar-refractivity contribution in [3.05, 3.63) is 59.7 Å². The highest BCUT2D eigenvalue weighted by Crippen LogP contribution is 2.33. The fraction of sp³-hybridized carbons (Fsp3) is 0.350. The predicted octanol–water partition coefficient (Wildman–Crippen LogP) is 3.63. The standard InChI is InChI=1S/C20H22FN3O5S/c1-12-22-11-16(28-12)19(2,3)15-10-17(29-24-15)23-18(25)20(4,5)30(26,27)14-8-6-13(21)7-9-14/h6-11H,1-5H3,(H,23,25). The van der Waals surface area contributed by atoms with Gasteiger partial charge in [0.25, 0.3) is 0 Å². The second-order valence-electron chi connectivity index (χ2n) is 7.87. The normalized spacial score (nSPS) is 12.7. The minimum absolute atomic E-state index is 0.0123. The minimum atomic E-state index is -4.10. The van der Waals surface area contributed by atoms with Crippen molar-refractivity contribution in [2.75, 3.05) is 5.32 Å². The summed E-state index contributed by atoms with van der Waals surface area (Å²) in [6.07, 6.45) is 1.58. The molecule has 2 heterocycles. The van der Waals surface area contributed by atoms with E-state index in [0.717, 1.165) is 24.3 Å². The third-order valence-electron chi connectivity index (χ3n) is 4.97.